The number of nitrogens with two attached hydrogens (primary N) is 1. The van der Waals surface area contributed by atoms with Gasteiger partial charge in [-0.1, -0.05) is 0 Å². The average molecular weight is 467 g/mol. The van der Waals surface area contributed by atoms with Crippen molar-refractivity contribution in [2.24, 2.45) is 0 Å². The monoisotopic (exact) mass is 467 g/mol. The Labute approximate surface area is 190 Å². The van der Waals surface area contributed by atoms with Crippen LogP contribution in [0.2, 0.25) is 0 Å². The van der Waals surface area contributed by atoms with Gasteiger partial charge in [0.05, 0.1) is 61.7 Å². The van der Waals surface area contributed by atoms with Crippen LogP contribution in [0, 0.1) is 0 Å². The van der Waals surface area contributed by atoms with Crippen molar-refractivity contribution in [1.82, 2.24) is 19.9 Å². The molecule has 2 aliphatic rings. The molecule has 0 saturated carbocycles. The van der Waals surface area contributed by atoms with E-state index in [0.717, 1.165) is 12.3 Å². The summed E-state index contributed by atoms with van der Waals surface area (Å²) >= 11 is 0. The maximum absolute atomic E-state index is 13.9. The Balaban J connectivity index is 1.91. The predicted molar refractivity (Wildman–Crippen MR) is 117 cm³/mol. The van der Waals surface area contributed by atoms with Crippen LogP contribution in [-0.2, 0) is 15.7 Å². The summed E-state index contributed by atoms with van der Waals surface area (Å²) in [5, 5.41) is 0. The van der Waals surface area contributed by atoms with Gasteiger partial charge >= 0.3 is 6.18 Å². The maximum atomic E-state index is 13.9. The van der Waals surface area contributed by atoms with Gasteiger partial charge in [0.15, 0.2) is 5.82 Å². The Morgan fingerprint density at radius 3 is 1.73 bits per heavy atom. The fraction of sp³-hybridized carbons (Fsp3) is 0.619. The molecule has 9 nitrogen and oxygen atoms in total. The van der Waals surface area contributed by atoms with Crippen LogP contribution in [0.25, 0.3) is 11.4 Å². The molecule has 0 radical (unpaired) electrons. The fourth-order valence-electron chi connectivity index (χ4n) is 4.39. The van der Waals surface area contributed by atoms with Gasteiger partial charge < -0.3 is 25.0 Å². The van der Waals surface area contributed by atoms with Crippen LogP contribution < -0.4 is 15.5 Å². The molecule has 0 amide bonds. The zero-order chi connectivity index (χ0) is 23.9. The first-order chi connectivity index (χ1) is 15.6. The number of hydrogen-bond donors (Lipinski definition) is 1. The predicted octanol–water partition coefficient (Wildman–Crippen LogP) is 2.76. The summed E-state index contributed by atoms with van der Waals surface area (Å²) in [5.74, 6) is 0.265. The van der Waals surface area contributed by atoms with Gasteiger partial charge in [0.25, 0.3) is 0 Å². The molecular weight excluding hydrogens is 439 g/mol. The molecule has 0 bridgehead atoms. The summed E-state index contributed by atoms with van der Waals surface area (Å²) in [6, 6.07) is 0.537. The minimum atomic E-state index is -4.65. The number of halogens is 3. The van der Waals surface area contributed by atoms with E-state index in [9.17, 15) is 13.2 Å². The second-order valence-corrected chi connectivity index (χ2v) is 8.70. The average Bonchev–Trinajstić information content (AvgIpc) is 2.73. The molecule has 4 atom stereocenters. The Hall–Kier alpha value is -2.73. The lowest BCUT2D eigenvalue weighted by Crippen LogP contribution is -2.52. The highest BCUT2D eigenvalue weighted by molar-refractivity contribution is 5.65. The number of alkyl halides is 3. The number of nitrogen functional groups attached to an aromatic ring is 1. The fourth-order valence-corrected chi connectivity index (χ4v) is 4.39. The van der Waals surface area contributed by atoms with Gasteiger partial charge in [-0.25, -0.2) is 4.98 Å². The molecule has 0 spiro atoms. The Morgan fingerprint density at radius 2 is 1.30 bits per heavy atom. The van der Waals surface area contributed by atoms with Crippen molar-refractivity contribution in [1.29, 1.82) is 0 Å². The summed E-state index contributed by atoms with van der Waals surface area (Å²) in [6.07, 6.45) is -3.59. The van der Waals surface area contributed by atoms with Gasteiger partial charge in [0.2, 0.25) is 11.9 Å². The Morgan fingerprint density at radius 1 is 0.848 bits per heavy atom. The normalized spacial score (nSPS) is 26.5. The smallest absolute Gasteiger partial charge is 0.384 e. The molecule has 4 rings (SSSR count). The number of nitrogens with zero attached hydrogens (tertiary/aromatic N) is 6. The molecule has 12 heteroatoms. The summed E-state index contributed by atoms with van der Waals surface area (Å²) in [4.78, 5) is 21.5. The van der Waals surface area contributed by atoms with Gasteiger partial charge in [-0.15, -0.1) is 0 Å². The van der Waals surface area contributed by atoms with Crippen molar-refractivity contribution in [3.63, 3.8) is 0 Å². The molecule has 4 heterocycles. The first-order valence-electron chi connectivity index (χ1n) is 10.9. The van der Waals surface area contributed by atoms with Crippen LogP contribution in [0.4, 0.5) is 30.9 Å². The zero-order valence-corrected chi connectivity index (χ0v) is 19.0. The largest absolute Gasteiger partial charge is 0.417 e. The molecule has 33 heavy (non-hydrogen) atoms. The van der Waals surface area contributed by atoms with E-state index in [4.69, 9.17) is 20.2 Å². The summed E-state index contributed by atoms with van der Waals surface area (Å²) in [5.41, 5.74) is 4.37. The minimum absolute atomic E-state index is 0.0667. The van der Waals surface area contributed by atoms with E-state index in [1.54, 1.807) is 0 Å². The number of morpholine rings is 2. The second-order valence-electron chi connectivity index (χ2n) is 8.70. The lowest BCUT2D eigenvalue weighted by Gasteiger charge is -2.41. The van der Waals surface area contributed by atoms with Gasteiger partial charge in [-0.2, -0.15) is 28.1 Å². The third-order valence-electron chi connectivity index (χ3n) is 5.88. The van der Waals surface area contributed by atoms with Crippen LogP contribution >= 0.6 is 0 Å². The number of rotatable bonds is 3. The van der Waals surface area contributed by atoms with Crippen molar-refractivity contribution in [2.75, 3.05) is 42.0 Å². The molecule has 2 N–H and O–H groups in total. The molecular formula is C21H28F3N7O2. The Kier molecular flexibility index (Phi) is 6.32. The molecule has 2 aliphatic heterocycles. The van der Waals surface area contributed by atoms with Gasteiger partial charge in [-0.05, 0) is 33.8 Å². The highest BCUT2D eigenvalue weighted by Gasteiger charge is 2.37. The van der Waals surface area contributed by atoms with Crippen LogP contribution in [0.1, 0.15) is 33.3 Å². The van der Waals surface area contributed by atoms with E-state index < -0.39 is 11.7 Å². The Bertz CT molecular complexity index is 942. The molecule has 2 saturated heterocycles. The number of aromatic nitrogens is 4. The van der Waals surface area contributed by atoms with E-state index in [0.29, 0.717) is 38.3 Å². The van der Waals surface area contributed by atoms with E-state index in [1.165, 1.54) is 0 Å². The molecule has 2 fully saturated rings. The number of ether oxygens (including phenoxy) is 2. The van der Waals surface area contributed by atoms with Crippen molar-refractivity contribution < 1.29 is 22.6 Å². The summed E-state index contributed by atoms with van der Waals surface area (Å²) in [6.45, 7) is 9.69. The molecule has 0 aromatic carbocycles. The number of hydrogen-bond acceptors (Lipinski definition) is 9. The number of pyridine rings is 1. The van der Waals surface area contributed by atoms with Crippen molar-refractivity contribution in [2.45, 2.75) is 58.0 Å². The maximum Gasteiger partial charge on any atom is 0.417 e. The summed E-state index contributed by atoms with van der Waals surface area (Å²) in [7, 11) is 0. The molecule has 2 aromatic rings. The molecule has 0 unspecified atom stereocenters. The first-order valence-corrected chi connectivity index (χ1v) is 10.9. The quantitative estimate of drug-likeness (QED) is 0.730. The second kappa shape index (κ2) is 8.90. The van der Waals surface area contributed by atoms with Gasteiger partial charge in [0.1, 0.15) is 5.82 Å². The van der Waals surface area contributed by atoms with Gasteiger partial charge in [-0.3, -0.25) is 0 Å². The van der Waals surface area contributed by atoms with E-state index in [1.807, 2.05) is 37.5 Å². The van der Waals surface area contributed by atoms with Crippen LogP contribution in [-0.4, -0.2) is 70.5 Å². The van der Waals surface area contributed by atoms with Crippen molar-refractivity contribution in [3.8, 4) is 11.4 Å². The first kappa shape index (κ1) is 23.4. The highest BCUT2D eigenvalue weighted by atomic mass is 19.4. The molecule has 0 aliphatic carbocycles. The topological polar surface area (TPSA) is 103 Å². The van der Waals surface area contributed by atoms with Crippen LogP contribution in [0.15, 0.2) is 12.3 Å². The standard InChI is InChI=1S/C21H28F3N7O2/c1-11-7-32-8-12(2)30(11)19-27-18(15-6-26-17(25)5-16(15)21(22,23)24)28-20(29-19)31-13(3)9-33-10-14(31)4/h5-6,11-14H,7-10H2,1-4H3,(H2,25,26)/t11-,12-,13-,14-/m0/s1. The van der Waals surface area contributed by atoms with Crippen LogP contribution in [0.5, 0.6) is 0 Å². The van der Waals surface area contributed by atoms with E-state index in [2.05, 4.69) is 15.0 Å². The van der Waals surface area contributed by atoms with Crippen molar-refractivity contribution >= 4 is 17.7 Å². The van der Waals surface area contributed by atoms with Crippen molar-refractivity contribution in [3.05, 3.63) is 17.8 Å². The number of anilines is 3. The van der Waals surface area contributed by atoms with E-state index >= 15 is 0 Å². The summed E-state index contributed by atoms with van der Waals surface area (Å²) < 4.78 is 52.8. The minimum Gasteiger partial charge on any atom is -0.384 e. The lowest BCUT2D eigenvalue weighted by atomic mass is 10.1. The third-order valence-corrected chi connectivity index (χ3v) is 5.88. The third kappa shape index (κ3) is 4.67. The molecule has 2 aromatic heterocycles. The SMILES string of the molecule is C[C@H]1COC[C@H](C)N1c1nc(-c2cnc(N)cc2C(F)(F)F)nc(N2[C@@H](C)COC[C@@H]2C)n1. The zero-order valence-electron chi connectivity index (χ0n) is 19.0. The van der Waals surface area contributed by atoms with Gasteiger partial charge in [0, 0.05) is 6.20 Å². The highest BCUT2D eigenvalue weighted by Crippen LogP contribution is 2.37. The van der Waals surface area contributed by atoms with E-state index in [-0.39, 0.29) is 41.4 Å². The van der Waals surface area contributed by atoms with Crippen LogP contribution in [0.3, 0.4) is 0 Å². The molecule has 180 valence electrons. The lowest BCUT2D eigenvalue weighted by molar-refractivity contribution is -0.137.